The summed E-state index contributed by atoms with van der Waals surface area (Å²) in [6, 6.07) is 1.73. The molecule has 0 radical (unpaired) electrons. The molecular weight excluding hydrogens is 346 g/mol. The van der Waals surface area contributed by atoms with Crippen molar-refractivity contribution in [3.8, 4) is 0 Å². The van der Waals surface area contributed by atoms with E-state index in [1.807, 2.05) is 6.07 Å². The highest BCUT2D eigenvalue weighted by Gasteiger charge is 2.33. The summed E-state index contributed by atoms with van der Waals surface area (Å²) in [5.74, 6) is -3.06. The Labute approximate surface area is 143 Å². The first-order valence-electron chi connectivity index (χ1n) is 7.42. The fraction of sp³-hybridized carbons (Fsp3) is 0.667. The number of rotatable bonds is 5. The molecule has 1 atom stereocenters. The molecule has 23 heavy (non-hydrogen) atoms. The standard InChI is InChI=1S/C15H21ClF2N2O2S/c1-14(2,3)22-13(21)20-8-15(17,18)7-19-10-4-5-11-9(10)6-12(16)23-11/h6,10,19H,4-5,7-8H2,1-3H3,(H,20,21). The number of carbonyl (C=O) groups excluding carboxylic acids is 1. The third-order valence-corrected chi connectivity index (χ3v) is 4.68. The first-order chi connectivity index (χ1) is 10.6. The van der Waals surface area contributed by atoms with Crippen LogP contribution in [0.25, 0.3) is 0 Å². The van der Waals surface area contributed by atoms with Crippen LogP contribution in [0.2, 0.25) is 4.34 Å². The molecule has 1 unspecified atom stereocenters. The number of nitrogens with one attached hydrogen (secondary N) is 2. The molecule has 1 aromatic heterocycles. The largest absolute Gasteiger partial charge is 0.444 e. The van der Waals surface area contributed by atoms with E-state index in [4.69, 9.17) is 16.3 Å². The maximum absolute atomic E-state index is 13.9. The molecule has 1 aromatic rings. The first kappa shape index (κ1) is 18.4. The zero-order valence-corrected chi connectivity index (χ0v) is 14.9. The van der Waals surface area contributed by atoms with Gasteiger partial charge in [-0.1, -0.05) is 11.6 Å². The topological polar surface area (TPSA) is 50.4 Å². The van der Waals surface area contributed by atoms with Crippen molar-refractivity contribution in [2.24, 2.45) is 0 Å². The molecule has 0 aromatic carbocycles. The molecule has 2 rings (SSSR count). The molecular formula is C15H21ClF2N2O2S. The number of alkyl carbamates (subject to hydrolysis) is 1. The van der Waals surface area contributed by atoms with Gasteiger partial charge in [0.05, 0.1) is 17.4 Å². The molecule has 0 fully saturated rings. The maximum atomic E-state index is 13.9. The van der Waals surface area contributed by atoms with E-state index in [9.17, 15) is 13.6 Å². The summed E-state index contributed by atoms with van der Waals surface area (Å²) in [5, 5.41) is 4.98. The number of aryl methyl sites for hydroxylation is 1. The van der Waals surface area contributed by atoms with E-state index in [0.29, 0.717) is 4.34 Å². The van der Waals surface area contributed by atoms with Crippen LogP contribution in [0.3, 0.4) is 0 Å². The van der Waals surface area contributed by atoms with Gasteiger partial charge in [0.2, 0.25) is 0 Å². The van der Waals surface area contributed by atoms with Crippen molar-refractivity contribution in [1.82, 2.24) is 10.6 Å². The number of thiophene rings is 1. The van der Waals surface area contributed by atoms with Crippen molar-refractivity contribution in [2.45, 2.75) is 51.2 Å². The summed E-state index contributed by atoms with van der Waals surface area (Å²) in [6.07, 6.45) is 0.796. The van der Waals surface area contributed by atoms with Crippen molar-refractivity contribution >= 4 is 29.0 Å². The van der Waals surface area contributed by atoms with Gasteiger partial charge in [-0.3, -0.25) is 0 Å². The van der Waals surface area contributed by atoms with E-state index >= 15 is 0 Å². The van der Waals surface area contributed by atoms with Gasteiger partial charge < -0.3 is 15.4 Å². The van der Waals surface area contributed by atoms with Crippen LogP contribution in [0.5, 0.6) is 0 Å². The van der Waals surface area contributed by atoms with E-state index in [1.54, 1.807) is 20.8 Å². The Morgan fingerprint density at radius 3 is 2.78 bits per heavy atom. The van der Waals surface area contributed by atoms with Crippen molar-refractivity contribution in [2.75, 3.05) is 13.1 Å². The second-order valence-electron chi connectivity index (χ2n) is 6.61. The lowest BCUT2D eigenvalue weighted by Crippen LogP contribution is -2.45. The van der Waals surface area contributed by atoms with Gasteiger partial charge in [0.15, 0.2) is 0 Å². The molecule has 1 aliphatic rings. The van der Waals surface area contributed by atoms with Crippen molar-refractivity contribution < 1.29 is 18.3 Å². The Morgan fingerprint density at radius 1 is 1.43 bits per heavy atom. The van der Waals surface area contributed by atoms with E-state index in [-0.39, 0.29) is 6.04 Å². The summed E-state index contributed by atoms with van der Waals surface area (Å²) in [4.78, 5) is 12.6. The average Bonchev–Trinajstić information content (AvgIpc) is 2.91. The van der Waals surface area contributed by atoms with Crippen LogP contribution in [-0.4, -0.2) is 30.7 Å². The summed E-state index contributed by atoms with van der Waals surface area (Å²) >= 11 is 7.45. The van der Waals surface area contributed by atoms with Crippen molar-refractivity contribution in [3.63, 3.8) is 0 Å². The predicted molar refractivity (Wildman–Crippen MR) is 87.6 cm³/mol. The number of halogens is 3. The summed E-state index contributed by atoms with van der Waals surface area (Å²) in [6.45, 7) is 3.75. The van der Waals surface area contributed by atoms with Gasteiger partial charge in [0.25, 0.3) is 5.92 Å². The van der Waals surface area contributed by atoms with Gasteiger partial charge in [-0.25, -0.2) is 13.6 Å². The summed E-state index contributed by atoms with van der Waals surface area (Å²) in [7, 11) is 0. The highest BCUT2D eigenvalue weighted by Crippen LogP contribution is 2.39. The number of hydrogen-bond donors (Lipinski definition) is 2. The monoisotopic (exact) mass is 366 g/mol. The minimum atomic E-state index is -3.06. The Kier molecular flexibility index (Phi) is 5.53. The highest BCUT2D eigenvalue weighted by atomic mass is 35.5. The lowest BCUT2D eigenvalue weighted by Gasteiger charge is -2.23. The molecule has 0 saturated heterocycles. The first-order valence-corrected chi connectivity index (χ1v) is 8.61. The fourth-order valence-electron chi connectivity index (χ4n) is 2.39. The van der Waals surface area contributed by atoms with Gasteiger partial charge in [-0.15, -0.1) is 11.3 Å². The quantitative estimate of drug-likeness (QED) is 0.823. The van der Waals surface area contributed by atoms with Crippen LogP contribution in [-0.2, 0) is 11.2 Å². The Balaban J connectivity index is 1.79. The maximum Gasteiger partial charge on any atom is 0.407 e. The number of hydrogen-bond acceptors (Lipinski definition) is 4. The van der Waals surface area contributed by atoms with Gasteiger partial charge in [0, 0.05) is 10.9 Å². The van der Waals surface area contributed by atoms with Crippen LogP contribution in [0.4, 0.5) is 13.6 Å². The number of alkyl halides is 2. The number of amides is 1. The van der Waals surface area contributed by atoms with Crippen LogP contribution >= 0.6 is 22.9 Å². The number of carbonyl (C=O) groups is 1. The summed E-state index contributed by atoms with van der Waals surface area (Å²) in [5.41, 5.74) is 0.298. The van der Waals surface area contributed by atoms with Gasteiger partial charge in [0.1, 0.15) is 5.60 Å². The molecule has 0 aliphatic heterocycles. The molecule has 1 aliphatic carbocycles. The van der Waals surface area contributed by atoms with Crippen molar-refractivity contribution in [3.05, 3.63) is 20.8 Å². The zero-order valence-electron chi connectivity index (χ0n) is 13.3. The van der Waals surface area contributed by atoms with Gasteiger partial charge in [-0.05, 0) is 45.2 Å². The van der Waals surface area contributed by atoms with E-state index < -0.39 is 30.7 Å². The van der Waals surface area contributed by atoms with Gasteiger partial charge in [-0.2, -0.15) is 0 Å². The minimum absolute atomic E-state index is 0.110. The van der Waals surface area contributed by atoms with Crippen LogP contribution in [0.15, 0.2) is 6.07 Å². The number of ether oxygens (including phenoxy) is 1. The molecule has 1 heterocycles. The molecule has 0 saturated carbocycles. The van der Waals surface area contributed by atoms with Crippen molar-refractivity contribution in [1.29, 1.82) is 0 Å². The van der Waals surface area contributed by atoms with Crippen LogP contribution in [0, 0.1) is 0 Å². The van der Waals surface area contributed by atoms with Crippen LogP contribution < -0.4 is 10.6 Å². The third kappa shape index (κ3) is 5.58. The molecule has 2 N–H and O–H groups in total. The van der Waals surface area contributed by atoms with E-state index in [2.05, 4.69) is 10.6 Å². The SMILES string of the molecule is CC(C)(C)OC(=O)NCC(F)(F)CNC1CCc2sc(Cl)cc21. The number of fused-ring (bicyclic) bond motifs is 1. The lowest BCUT2D eigenvalue weighted by molar-refractivity contribution is -0.00559. The second-order valence-corrected chi connectivity index (χ2v) is 8.38. The summed E-state index contributed by atoms with van der Waals surface area (Å²) < 4.78 is 33.4. The molecule has 0 spiro atoms. The normalized spacial score (nSPS) is 17.9. The predicted octanol–water partition coefficient (Wildman–Crippen LogP) is 4.14. The second kappa shape index (κ2) is 6.91. The molecule has 130 valence electrons. The van der Waals surface area contributed by atoms with Crippen LogP contribution in [0.1, 0.15) is 43.7 Å². The molecule has 8 heteroatoms. The Morgan fingerprint density at radius 2 is 2.13 bits per heavy atom. The lowest BCUT2D eigenvalue weighted by atomic mass is 10.1. The Hall–Kier alpha value is -0.920. The molecule has 0 bridgehead atoms. The third-order valence-electron chi connectivity index (χ3n) is 3.34. The van der Waals surface area contributed by atoms with Gasteiger partial charge >= 0.3 is 6.09 Å². The average molecular weight is 367 g/mol. The van der Waals surface area contributed by atoms with E-state index in [1.165, 1.54) is 11.3 Å². The fourth-order valence-corrected chi connectivity index (χ4v) is 3.75. The molecule has 1 amide bonds. The Bertz CT molecular complexity index is 572. The van der Waals surface area contributed by atoms with E-state index in [0.717, 1.165) is 23.3 Å². The minimum Gasteiger partial charge on any atom is -0.444 e. The smallest absolute Gasteiger partial charge is 0.407 e. The zero-order chi connectivity index (χ0) is 17.3. The molecule has 4 nitrogen and oxygen atoms in total. The highest BCUT2D eigenvalue weighted by molar-refractivity contribution is 7.16.